The summed E-state index contributed by atoms with van der Waals surface area (Å²) in [5.41, 5.74) is 2.34. The predicted molar refractivity (Wildman–Crippen MR) is 105 cm³/mol. The molecule has 0 fully saturated rings. The molecule has 0 aliphatic carbocycles. The second-order valence-corrected chi connectivity index (χ2v) is 7.07. The van der Waals surface area contributed by atoms with Crippen molar-refractivity contribution in [3.8, 4) is 5.75 Å². The summed E-state index contributed by atoms with van der Waals surface area (Å²) in [5.74, 6) is 0.00981. The van der Waals surface area contributed by atoms with Crippen molar-refractivity contribution in [2.45, 2.75) is 44.0 Å². The average Bonchev–Trinajstić information content (AvgIpc) is 2.61. The van der Waals surface area contributed by atoms with Crippen LogP contribution in [0.15, 0.2) is 48.5 Å². The normalized spacial score (nSPS) is 11.9. The first-order chi connectivity index (χ1) is 12.0. The zero-order valence-corrected chi connectivity index (χ0v) is 15.7. The number of aryl methyl sites for hydroxylation is 1. The van der Waals surface area contributed by atoms with Crippen LogP contribution in [-0.4, -0.2) is 16.3 Å². The molecule has 0 aromatic heterocycles. The SMILES string of the molecule is O=C(O)C(S)CCCCCc1ccc(OCc2ccc(Cl)cc2)cc1. The number of carbonyl (C=O) groups is 1. The summed E-state index contributed by atoms with van der Waals surface area (Å²) in [4.78, 5) is 10.7. The minimum absolute atomic E-state index is 0.519. The molecule has 25 heavy (non-hydrogen) atoms. The van der Waals surface area contributed by atoms with E-state index in [0.29, 0.717) is 13.0 Å². The molecule has 1 N–H and O–H groups in total. The summed E-state index contributed by atoms with van der Waals surface area (Å²) in [6.45, 7) is 0.519. The molecule has 0 heterocycles. The number of hydrogen-bond donors (Lipinski definition) is 2. The molecule has 1 atom stereocenters. The summed E-state index contributed by atoms with van der Waals surface area (Å²) in [7, 11) is 0. The molecule has 2 aromatic rings. The van der Waals surface area contributed by atoms with E-state index >= 15 is 0 Å². The van der Waals surface area contributed by atoms with Gasteiger partial charge in [-0.25, -0.2) is 0 Å². The molecule has 134 valence electrons. The number of thiol groups is 1. The number of hydrogen-bond acceptors (Lipinski definition) is 3. The summed E-state index contributed by atoms with van der Waals surface area (Å²) >= 11 is 9.91. The Labute approximate surface area is 159 Å². The van der Waals surface area contributed by atoms with Crippen LogP contribution in [0.3, 0.4) is 0 Å². The fraction of sp³-hybridized carbons (Fsp3) is 0.350. The van der Waals surface area contributed by atoms with Crippen molar-refractivity contribution in [1.82, 2.24) is 0 Å². The molecule has 5 heteroatoms. The number of carboxylic acid groups (broad SMARTS) is 1. The number of ether oxygens (including phenoxy) is 1. The summed E-state index contributed by atoms with van der Waals surface area (Å²) in [6.07, 6.45) is 4.56. The van der Waals surface area contributed by atoms with Crippen LogP contribution < -0.4 is 4.74 Å². The molecular weight excluding hydrogens is 356 g/mol. The van der Waals surface area contributed by atoms with E-state index in [4.69, 9.17) is 21.4 Å². The van der Waals surface area contributed by atoms with Crippen LogP contribution in [0.5, 0.6) is 5.75 Å². The Morgan fingerprint density at radius 1 is 1.00 bits per heavy atom. The van der Waals surface area contributed by atoms with E-state index in [2.05, 4.69) is 24.8 Å². The Hall–Kier alpha value is -1.65. The summed E-state index contributed by atoms with van der Waals surface area (Å²) in [5, 5.41) is 8.96. The fourth-order valence-electron chi connectivity index (χ4n) is 2.47. The maximum atomic E-state index is 10.7. The average molecular weight is 379 g/mol. The first-order valence-corrected chi connectivity index (χ1v) is 9.31. The zero-order chi connectivity index (χ0) is 18.1. The van der Waals surface area contributed by atoms with E-state index in [1.807, 2.05) is 36.4 Å². The van der Waals surface area contributed by atoms with Crippen molar-refractivity contribution in [3.63, 3.8) is 0 Å². The molecule has 0 bridgehead atoms. The second-order valence-electron chi connectivity index (χ2n) is 6.01. The fourth-order valence-corrected chi connectivity index (χ4v) is 2.78. The highest BCUT2D eigenvalue weighted by molar-refractivity contribution is 7.81. The van der Waals surface area contributed by atoms with Crippen LogP contribution in [0, 0.1) is 0 Å². The van der Waals surface area contributed by atoms with E-state index < -0.39 is 11.2 Å². The maximum absolute atomic E-state index is 10.7. The third-order valence-electron chi connectivity index (χ3n) is 3.97. The molecule has 0 saturated carbocycles. The Morgan fingerprint density at radius 3 is 2.28 bits per heavy atom. The zero-order valence-electron chi connectivity index (χ0n) is 14.0. The lowest BCUT2D eigenvalue weighted by atomic mass is 10.1. The van der Waals surface area contributed by atoms with Crippen molar-refractivity contribution in [2.24, 2.45) is 0 Å². The molecule has 0 saturated heterocycles. The number of unbranched alkanes of at least 4 members (excludes halogenated alkanes) is 2. The van der Waals surface area contributed by atoms with Gasteiger partial charge in [-0.05, 0) is 54.7 Å². The van der Waals surface area contributed by atoms with Gasteiger partial charge in [0, 0.05) is 5.02 Å². The highest BCUT2D eigenvalue weighted by Crippen LogP contribution is 2.17. The summed E-state index contributed by atoms with van der Waals surface area (Å²) < 4.78 is 5.77. The molecule has 3 nitrogen and oxygen atoms in total. The molecule has 2 aromatic carbocycles. The highest BCUT2D eigenvalue weighted by atomic mass is 35.5. The molecule has 1 unspecified atom stereocenters. The first-order valence-electron chi connectivity index (χ1n) is 8.41. The van der Waals surface area contributed by atoms with Gasteiger partial charge in [-0.1, -0.05) is 48.7 Å². The van der Waals surface area contributed by atoms with Crippen molar-refractivity contribution >= 4 is 30.2 Å². The molecule has 0 spiro atoms. The predicted octanol–water partition coefficient (Wildman–Crippen LogP) is 5.40. The Balaban J connectivity index is 1.67. The monoisotopic (exact) mass is 378 g/mol. The van der Waals surface area contributed by atoms with E-state index in [1.165, 1.54) is 5.56 Å². The van der Waals surface area contributed by atoms with Gasteiger partial charge in [-0.15, -0.1) is 0 Å². The van der Waals surface area contributed by atoms with Crippen molar-refractivity contribution in [3.05, 3.63) is 64.7 Å². The lowest BCUT2D eigenvalue weighted by Gasteiger charge is -2.08. The largest absolute Gasteiger partial charge is 0.489 e. The Bertz CT molecular complexity index is 656. The molecule has 2 rings (SSSR count). The topological polar surface area (TPSA) is 46.5 Å². The minimum atomic E-state index is -0.836. The molecule has 0 aliphatic rings. The smallest absolute Gasteiger partial charge is 0.316 e. The number of rotatable bonds is 10. The number of halogens is 1. The minimum Gasteiger partial charge on any atom is -0.489 e. The molecule has 0 amide bonds. The van der Waals surface area contributed by atoms with Crippen molar-refractivity contribution < 1.29 is 14.6 Å². The third-order valence-corrected chi connectivity index (χ3v) is 4.70. The highest BCUT2D eigenvalue weighted by Gasteiger charge is 2.10. The first kappa shape index (κ1) is 19.7. The van der Waals surface area contributed by atoms with Crippen LogP contribution in [0.4, 0.5) is 0 Å². The standard InChI is InChI=1S/C20H23ClO3S/c21-17-10-6-16(7-11-17)14-24-18-12-8-15(9-13-18)4-2-1-3-5-19(25)20(22)23/h6-13,19,25H,1-5,14H2,(H,22,23). The van der Waals surface area contributed by atoms with Gasteiger partial charge in [0.2, 0.25) is 0 Å². The summed E-state index contributed by atoms with van der Waals surface area (Å²) in [6, 6.07) is 15.8. The number of aliphatic carboxylic acids is 1. The molecular formula is C20H23ClO3S. The van der Waals surface area contributed by atoms with Crippen LogP contribution in [0.1, 0.15) is 36.8 Å². The van der Waals surface area contributed by atoms with Gasteiger partial charge >= 0.3 is 5.97 Å². The van der Waals surface area contributed by atoms with Crippen LogP contribution in [0.2, 0.25) is 5.02 Å². The van der Waals surface area contributed by atoms with Crippen LogP contribution in [-0.2, 0) is 17.8 Å². The third kappa shape index (κ3) is 7.41. The van der Waals surface area contributed by atoms with Gasteiger partial charge in [0.25, 0.3) is 0 Å². The van der Waals surface area contributed by atoms with Gasteiger partial charge in [0.15, 0.2) is 0 Å². The van der Waals surface area contributed by atoms with Crippen molar-refractivity contribution in [1.29, 1.82) is 0 Å². The number of benzene rings is 2. The lowest BCUT2D eigenvalue weighted by Crippen LogP contribution is -2.12. The van der Waals surface area contributed by atoms with E-state index in [9.17, 15) is 4.79 Å². The van der Waals surface area contributed by atoms with Gasteiger partial charge in [-0.2, -0.15) is 12.6 Å². The van der Waals surface area contributed by atoms with Gasteiger partial charge < -0.3 is 9.84 Å². The van der Waals surface area contributed by atoms with Gasteiger partial charge in [-0.3, -0.25) is 4.79 Å². The van der Waals surface area contributed by atoms with Crippen molar-refractivity contribution in [2.75, 3.05) is 0 Å². The molecule has 0 aliphatic heterocycles. The van der Waals surface area contributed by atoms with E-state index in [1.54, 1.807) is 0 Å². The molecule has 0 radical (unpaired) electrons. The quantitative estimate of drug-likeness (QED) is 0.429. The number of carboxylic acids is 1. The van der Waals surface area contributed by atoms with E-state index in [-0.39, 0.29) is 0 Å². The Morgan fingerprint density at radius 2 is 1.64 bits per heavy atom. The van der Waals surface area contributed by atoms with Gasteiger partial charge in [0.05, 0.1) is 5.25 Å². The maximum Gasteiger partial charge on any atom is 0.316 e. The van der Waals surface area contributed by atoms with Crippen LogP contribution >= 0.6 is 24.2 Å². The Kier molecular flexibility index (Phi) is 8.16. The van der Waals surface area contributed by atoms with E-state index in [0.717, 1.165) is 42.0 Å². The lowest BCUT2D eigenvalue weighted by molar-refractivity contribution is -0.136. The van der Waals surface area contributed by atoms with Crippen LogP contribution in [0.25, 0.3) is 0 Å². The van der Waals surface area contributed by atoms with Gasteiger partial charge in [0.1, 0.15) is 12.4 Å². The second kappa shape index (κ2) is 10.4.